The highest BCUT2D eigenvalue weighted by Gasteiger charge is 2.15. The van der Waals surface area contributed by atoms with Crippen molar-refractivity contribution in [1.82, 2.24) is 0 Å². The molecular weight excluding hydrogens is 139 g/mol. The quantitative estimate of drug-likeness (QED) is 0.465. The Morgan fingerprint density at radius 3 is 2.70 bits per heavy atom. The number of alkyl halides is 1. The number of halogens is 1. The largest absolute Gasteiger partial charge is 0.425 e. The first-order valence-electron chi connectivity index (χ1n) is 2.73. The van der Waals surface area contributed by atoms with Gasteiger partial charge in [0, 0.05) is 6.08 Å². The van der Waals surface area contributed by atoms with Crippen LogP contribution in [0.25, 0.3) is 0 Å². The van der Waals surface area contributed by atoms with E-state index in [0.717, 1.165) is 6.08 Å². The Labute approximate surface area is 58.1 Å². The summed E-state index contributed by atoms with van der Waals surface area (Å²) in [6, 6.07) is 0. The summed E-state index contributed by atoms with van der Waals surface area (Å²) in [6.07, 6.45) is -2.44. The van der Waals surface area contributed by atoms with E-state index in [1.54, 1.807) is 0 Å². The molecule has 0 aromatic heterocycles. The van der Waals surface area contributed by atoms with Gasteiger partial charge in [0.15, 0.2) is 0 Å². The van der Waals surface area contributed by atoms with Crippen LogP contribution in [0.3, 0.4) is 0 Å². The molecule has 0 aromatic rings. The van der Waals surface area contributed by atoms with Crippen LogP contribution in [0.5, 0.6) is 0 Å². The zero-order chi connectivity index (χ0) is 8.15. The Balaban J connectivity index is 3.67. The molecule has 0 aromatic carbocycles. The Kier molecular flexibility index (Phi) is 3.64. The summed E-state index contributed by atoms with van der Waals surface area (Å²) in [5, 5.41) is 8.48. The van der Waals surface area contributed by atoms with E-state index in [0.29, 0.717) is 0 Å². The smallest absolute Gasteiger partial charge is 0.332 e. The molecule has 3 nitrogen and oxygen atoms in total. The fourth-order valence-corrected chi connectivity index (χ4v) is 0.258. The van der Waals surface area contributed by atoms with E-state index in [1.807, 2.05) is 0 Å². The Morgan fingerprint density at radius 1 is 1.90 bits per heavy atom. The van der Waals surface area contributed by atoms with Gasteiger partial charge >= 0.3 is 5.97 Å². The van der Waals surface area contributed by atoms with Gasteiger partial charge in [-0.25, -0.2) is 4.79 Å². The van der Waals surface area contributed by atoms with Crippen molar-refractivity contribution in [1.29, 1.82) is 0 Å². The van der Waals surface area contributed by atoms with E-state index >= 15 is 0 Å². The number of hydrogen-bond acceptors (Lipinski definition) is 3. The normalized spacial score (nSPS) is 15.5. The molecule has 0 radical (unpaired) electrons. The molecule has 0 fully saturated rings. The molecule has 10 heavy (non-hydrogen) atoms. The summed E-state index contributed by atoms with van der Waals surface area (Å²) in [5.74, 6) is -0.881. The molecule has 0 spiro atoms. The van der Waals surface area contributed by atoms with E-state index in [4.69, 9.17) is 5.11 Å². The average Bonchev–Trinajstić information content (AvgIpc) is 1.87. The summed E-state index contributed by atoms with van der Waals surface area (Å²) >= 11 is 0. The van der Waals surface area contributed by atoms with Crippen molar-refractivity contribution in [3.05, 3.63) is 12.7 Å². The molecule has 2 unspecified atom stereocenters. The summed E-state index contributed by atoms with van der Waals surface area (Å²) in [4.78, 5) is 10.2. The van der Waals surface area contributed by atoms with Crippen molar-refractivity contribution < 1.29 is 19.0 Å². The minimum atomic E-state index is -1.97. The first-order chi connectivity index (χ1) is 4.57. The summed E-state index contributed by atoms with van der Waals surface area (Å²) in [6.45, 7) is 4.23. The number of carbonyl (C=O) groups excluding carboxylic acids is 1. The van der Waals surface area contributed by atoms with Gasteiger partial charge in [0.1, 0.15) is 6.10 Å². The monoisotopic (exact) mass is 148 g/mol. The first-order valence-corrected chi connectivity index (χ1v) is 2.73. The highest BCUT2D eigenvalue weighted by atomic mass is 19.1. The third-order valence-electron chi connectivity index (χ3n) is 0.775. The standard InChI is InChI=1S/C6H9FO3/c1-3-5(9)10-6(7)4(2)8/h3-4,6,8H,1H2,2H3. The van der Waals surface area contributed by atoms with E-state index in [1.165, 1.54) is 6.92 Å². The maximum atomic E-state index is 12.2. The second-order valence-corrected chi connectivity index (χ2v) is 1.73. The Hall–Kier alpha value is -0.900. The van der Waals surface area contributed by atoms with Gasteiger partial charge in [0.2, 0.25) is 0 Å². The predicted molar refractivity (Wildman–Crippen MR) is 32.9 cm³/mol. The number of esters is 1. The van der Waals surface area contributed by atoms with E-state index < -0.39 is 18.4 Å². The topological polar surface area (TPSA) is 46.5 Å². The second-order valence-electron chi connectivity index (χ2n) is 1.73. The molecule has 58 valence electrons. The predicted octanol–water partition coefficient (Wildman–Crippen LogP) is 0.392. The van der Waals surface area contributed by atoms with Gasteiger partial charge in [0.25, 0.3) is 6.36 Å². The number of hydrogen-bond donors (Lipinski definition) is 1. The van der Waals surface area contributed by atoms with Gasteiger partial charge < -0.3 is 9.84 Å². The van der Waals surface area contributed by atoms with Gasteiger partial charge in [-0.15, -0.1) is 0 Å². The van der Waals surface area contributed by atoms with Crippen LogP contribution in [0, 0.1) is 0 Å². The van der Waals surface area contributed by atoms with Crippen LogP contribution in [0.15, 0.2) is 12.7 Å². The number of aliphatic hydroxyl groups excluding tert-OH is 1. The Bertz CT molecular complexity index is 133. The lowest BCUT2D eigenvalue weighted by atomic mass is 10.4. The molecule has 0 aliphatic rings. The van der Waals surface area contributed by atoms with Gasteiger partial charge in [-0.05, 0) is 6.92 Å². The molecule has 1 N–H and O–H groups in total. The number of ether oxygens (including phenoxy) is 1. The van der Waals surface area contributed by atoms with Gasteiger partial charge in [-0.3, -0.25) is 0 Å². The molecule has 0 heterocycles. The molecule has 2 atom stereocenters. The number of rotatable bonds is 3. The fraction of sp³-hybridized carbons (Fsp3) is 0.500. The van der Waals surface area contributed by atoms with E-state index in [9.17, 15) is 9.18 Å². The van der Waals surface area contributed by atoms with Crippen molar-refractivity contribution in [3.8, 4) is 0 Å². The minimum absolute atomic E-state index is 0.828. The molecule has 0 aliphatic heterocycles. The van der Waals surface area contributed by atoms with Crippen LogP contribution in [0.2, 0.25) is 0 Å². The van der Waals surface area contributed by atoms with Gasteiger partial charge in [-0.1, -0.05) is 6.58 Å². The fourth-order valence-electron chi connectivity index (χ4n) is 0.258. The van der Waals surface area contributed by atoms with Crippen LogP contribution >= 0.6 is 0 Å². The van der Waals surface area contributed by atoms with Crippen molar-refractivity contribution >= 4 is 5.97 Å². The lowest BCUT2D eigenvalue weighted by Gasteiger charge is -2.09. The van der Waals surface area contributed by atoms with Crippen LogP contribution in [-0.2, 0) is 9.53 Å². The summed E-state index contributed by atoms with van der Waals surface area (Å²) in [5.41, 5.74) is 0. The molecular formula is C6H9FO3. The highest BCUT2D eigenvalue weighted by Crippen LogP contribution is 2.00. The summed E-state index contributed by atoms with van der Waals surface area (Å²) < 4.78 is 16.2. The van der Waals surface area contributed by atoms with Gasteiger partial charge in [-0.2, -0.15) is 4.39 Å². The third-order valence-corrected chi connectivity index (χ3v) is 0.775. The molecule has 0 bridgehead atoms. The van der Waals surface area contributed by atoms with Crippen LogP contribution in [0.1, 0.15) is 6.92 Å². The van der Waals surface area contributed by atoms with Crippen molar-refractivity contribution in [2.75, 3.05) is 0 Å². The molecule has 0 saturated carbocycles. The lowest BCUT2D eigenvalue weighted by Crippen LogP contribution is -2.23. The third kappa shape index (κ3) is 3.19. The SMILES string of the molecule is C=CC(=O)OC(F)C(C)O. The van der Waals surface area contributed by atoms with Crippen molar-refractivity contribution in [2.45, 2.75) is 19.4 Å². The van der Waals surface area contributed by atoms with Crippen molar-refractivity contribution in [2.24, 2.45) is 0 Å². The maximum Gasteiger partial charge on any atom is 0.332 e. The van der Waals surface area contributed by atoms with E-state index in [2.05, 4.69) is 11.3 Å². The van der Waals surface area contributed by atoms with Crippen LogP contribution in [0.4, 0.5) is 4.39 Å². The van der Waals surface area contributed by atoms with Crippen LogP contribution < -0.4 is 0 Å². The molecule has 0 amide bonds. The molecule has 0 rings (SSSR count). The zero-order valence-corrected chi connectivity index (χ0v) is 5.58. The number of aliphatic hydroxyl groups is 1. The molecule has 0 aliphatic carbocycles. The average molecular weight is 148 g/mol. The highest BCUT2D eigenvalue weighted by molar-refractivity contribution is 5.81. The molecule has 4 heteroatoms. The Morgan fingerprint density at radius 2 is 2.40 bits per heavy atom. The zero-order valence-electron chi connectivity index (χ0n) is 5.58. The van der Waals surface area contributed by atoms with Gasteiger partial charge in [0.05, 0.1) is 0 Å². The summed E-state index contributed by atoms with van der Waals surface area (Å²) in [7, 11) is 0. The second kappa shape index (κ2) is 4.00. The molecule has 0 saturated heterocycles. The van der Waals surface area contributed by atoms with Crippen molar-refractivity contribution in [3.63, 3.8) is 0 Å². The minimum Gasteiger partial charge on any atom is -0.425 e. The lowest BCUT2D eigenvalue weighted by molar-refractivity contribution is -0.162. The first kappa shape index (κ1) is 9.10. The maximum absolute atomic E-state index is 12.2. The number of carbonyl (C=O) groups is 1. The van der Waals surface area contributed by atoms with E-state index in [-0.39, 0.29) is 0 Å². The van der Waals surface area contributed by atoms with Crippen LogP contribution in [-0.4, -0.2) is 23.5 Å².